The maximum absolute atomic E-state index is 12.0. The van der Waals surface area contributed by atoms with Gasteiger partial charge < -0.3 is 18.8 Å². The second-order valence-corrected chi connectivity index (χ2v) is 7.31. The van der Waals surface area contributed by atoms with Crippen molar-refractivity contribution in [3.05, 3.63) is 46.4 Å². The van der Waals surface area contributed by atoms with Gasteiger partial charge in [-0.1, -0.05) is 0 Å². The van der Waals surface area contributed by atoms with Gasteiger partial charge in [-0.2, -0.15) is 0 Å². The zero-order valence-corrected chi connectivity index (χ0v) is 15.4. The summed E-state index contributed by atoms with van der Waals surface area (Å²) in [4.78, 5) is 12.0. The second-order valence-electron chi connectivity index (χ2n) is 6.20. The summed E-state index contributed by atoms with van der Waals surface area (Å²) < 4.78 is 27.4. The summed E-state index contributed by atoms with van der Waals surface area (Å²) in [7, 11) is 0.559. The van der Waals surface area contributed by atoms with Crippen molar-refractivity contribution in [3.63, 3.8) is 0 Å². The van der Waals surface area contributed by atoms with Crippen LogP contribution in [0, 0.1) is 6.92 Å². The first-order chi connectivity index (χ1) is 11.9. The van der Waals surface area contributed by atoms with Crippen LogP contribution in [0.25, 0.3) is 11.1 Å². The Morgan fingerprint density at radius 3 is 2.80 bits per heavy atom. The summed E-state index contributed by atoms with van der Waals surface area (Å²) in [6, 6.07) is 7.45. The third-order valence-electron chi connectivity index (χ3n) is 4.10. The number of pyridine rings is 1. The molecule has 1 aromatic heterocycles. The molecule has 1 aliphatic rings. The molecule has 6 nitrogen and oxygen atoms in total. The highest BCUT2D eigenvalue weighted by Gasteiger charge is 2.20. The first-order valence-corrected chi connectivity index (χ1v) is 9.66. The van der Waals surface area contributed by atoms with Gasteiger partial charge in [-0.15, -0.1) is 0 Å². The van der Waals surface area contributed by atoms with Gasteiger partial charge in [0.1, 0.15) is 22.8 Å². The van der Waals surface area contributed by atoms with Gasteiger partial charge in [0.05, 0.1) is 13.2 Å². The molecule has 134 valence electrons. The van der Waals surface area contributed by atoms with Gasteiger partial charge >= 0.3 is 0 Å². The Kier molecular flexibility index (Phi) is 5.24. The monoisotopic (exact) mass is 362 g/mol. The highest BCUT2D eigenvalue weighted by Crippen LogP contribution is 2.34. The van der Waals surface area contributed by atoms with E-state index in [1.165, 1.54) is 0 Å². The highest BCUT2D eigenvalue weighted by atomic mass is 32.2. The van der Waals surface area contributed by atoms with E-state index in [2.05, 4.69) is 4.72 Å². The standard InChI is InChI=1S/C18H22N2O4S/c1-12-8-13(10-20(2)18(12)21)16-9-14(19-25(3)22)4-5-17(16)24-15-6-7-23-11-15/h4-5,8-10,15,19H,6-7,11H2,1-3H3. The Labute approximate surface area is 149 Å². The molecule has 0 radical (unpaired) electrons. The molecule has 2 heterocycles. The van der Waals surface area contributed by atoms with Crippen molar-refractivity contribution in [2.75, 3.05) is 24.2 Å². The SMILES string of the molecule is Cc1cc(-c2cc(NS(C)=O)ccc2OC2CCOC2)cn(C)c1=O. The maximum Gasteiger partial charge on any atom is 0.253 e. The average molecular weight is 362 g/mol. The molecule has 2 atom stereocenters. The molecule has 0 bridgehead atoms. The summed E-state index contributed by atoms with van der Waals surface area (Å²) in [6.07, 6.45) is 4.24. The van der Waals surface area contributed by atoms with E-state index in [1.54, 1.807) is 31.0 Å². The van der Waals surface area contributed by atoms with E-state index in [0.717, 1.165) is 29.0 Å². The number of nitrogens with one attached hydrogen (secondary N) is 1. The Morgan fingerprint density at radius 1 is 1.36 bits per heavy atom. The van der Waals surface area contributed by atoms with Crippen molar-refractivity contribution in [2.24, 2.45) is 7.05 Å². The number of rotatable bonds is 5. The molecule has 0 spiro atoms. The number of aryl methyl sites for hydroxylation is 2. The third-order valence-corrected chi connectivity index (χ3v) is 4.62. The summed E-state index contributed by atoms with van der Waals surface area (Å²) in [5.74, 6) is 0.723. The van der Waals surface area contributed by atoms with Crippen LogP contribution in [0.15, 0.2) is 35.3 Å². The molecule has 1 aromatic carbocycles. The fraction of sp³-hybridized carbons (Fsp3) is 0.389. The van der Waals surface area contributed by atoms with E-state index < -0.39 is 11.0 Å². The van der Waals surface area contributed by atoms with E-state index >= 15 is 0 Å². The van der Waals surface area contributed by atoms with Crippen LogP contribution in [0.4, 0.5) is 5.69 Å². The predicted octanol–water partition coefficient (Wildman–Crippen LogP) is 2.23. The molecule has 7 heteroatoms. The van der Waals surface area contributed by atoms with Crippen molar-refractivity contribution in [1.29, 1.82) is 0 Å². The summed E-state index contributed by atoms with van der Waals surface area (Å²) in [5, 5.41) is 0. The topological polar surface area (TPSA) is 69.6 Å². The second kappa shape index (κ2) is 7.41. The van der Waals surface area contributed by atoms with Crippen LogP contribution in [-0.2, 0) is 22.8 Å². The molecule has 3 rings (SSSR count). The van der Waals surface area contributed by atoms with Crippen molar-refractivity contribution >= 4 is 16.7 Å². The molecule has 0 aliphatic carbocycles. The molecule has 2 aromatic rings. The van der Waals surface area contributed by atoms with Gasteiger partial charge in [-0.25, -0.2) is 4.21 Å². The van der Waals surface area contributed by atoms with Crippen LogP contribution in [0.3, 0.4) is 0 Å². The van der Waals surface area contributed by atoms with Crippen LogP contribution in [0.1, 0.15) is 12.0 Å². The molecule has 1 N–H and O–H groups in total. The van der Waals surface area contributed by atoms with Gasteiger partial charge in [0.25, 0.3) is 5.56 Å². The van der Waals surface area contributed by atoms with Crippen LogP contribution >= 0.6 is 0 Å². The van der Waals surface area contributed by atoms with Crippen LogP contribution in [0.5, 0.6) is 5.75 Å². The van der Waals surface area contributed by atoms with Crippen LogP contribution in [0.2, 0.25) is 0 Å². The van der Waals surface area contributed by atoms with Crippen molar-refractivity contribution < 1.29 is 13.7 Å². The van der Waals surface area contributed by atoms with Gasteiger partial charge in [0.15, 0.2) is 0 Å². The zero-order chi connectivity index (χ0) is 18.0. The lowest BCUT2D eigenvalue weighted by atomic mass is 10.0. The van der Waals surface area contributed by atoms with E-state index in [-0.39, 0.29) is 11.7 Å². The number of nitrogens with zero attached hydrogens (tertiary/aromatic N) is 1. The van der Waals surface area contributed by atoms with E-state index in [0.29, 0.717) is 18.8 Å². The lowest BCUT2D eigenvalue weighted by Gasteiger charge is -2.18. The summed E-state index contributed by atoms with van der Waals surface area (Å²) >= 11 is 0. The lowest BCUT2D eigenvalue weighted by Crippen LogP contribution is -2.19. The number of hydrogen-bond donors (Lipinski definition) is 1. The molecule has 2 unspecified atom stereocenters. The van der Waals surface area contributed by atoms with E-state index in [9.17, 15) is 9.00 Å². The predicted molar refractivity (Wildman–Crippen MR) is 99.4 cm³/mol. The lowest BCUT2D eigenvalue weighted by molar-refractivity contribution is 0.142. The smallest absolute Gasteiger partial charge is 0.253 e. The van der Waals surface area contributed by atoms with E-state index in [4.69, 9.17) is 9.47 Å². The Morgan fingerprint density at radius 2 is 2.16 bits per heavy atom. The molecule has 1 saturated heterocycles. The molecule has 0 saturated carbocycles. The minimum absolute atomic E-state index is 0.0199. The number of hydrogen-bond acceptors (Lipinski definition) is 4. The Balaban J connectivity index is 2.06. The zero-order valence-electron chi connectivity index (χ0n) is 14.6. The fourth-order valence-electron chi connectivity index (χ4n) is 2.90. The molecular formula is C18H22N2O4S. The summed E-state index contributed by atoms with van der Waals surface area (Å²) in [6.45, 7) is 3.07. The number of ether oxygens (including phenoxy) is 2. The van der Waals surface area contributed by atoms with Gasteiger partial charge in [0.2, 0.25) is 0 Å². The first kappa shape index (κ1) is 17.7. The quantitative estimate of drug-likeness (QED) is 0.886. The maximum atomic E-state index is 12.0. The number of aromatic nitrogens is 1. The van der Waals surface area contributed by atoms with Crippen molar-refractivity contribution in [2.45, 2.75) is 19.4 Å². The first-order valence-electron chi connectivity index (χ1n) is 8.10. The van der Waals surface area contributed by atoms with Crippen LogP contribution < -0.4 is 15.0 Å². The summed E-state index contributed by atoms with van der Waals surface area (Å²) in [5.41, 5.74) is 3.09. The number of anilines is 1. The van der Waals surface area contributed by atoms with Gasteiger partial charge in [0, 0.05) is 48.3 Å². The van der Waals surface area contributed by atoms with Gasteiger partial charge in [-0.3, -0.25) is 4.79 Å². The fourth-order valence-corrected chi connectivity index (χ4v) is 3.36. The normalized spacial score (nSPS) is 18.1. The van der Waals surface area contributed by atoms with Gasteiger partial charge in [-0.05, 0) is 31.2 Å². The van der Waals surface area contributed by atoms with Crippen molar-refractivity contribution in [1.82, 2.24) is 4.57 Å². The van der Waals surface area contributed by atoms with E-state index in [1.807, 2.05) is 24.3 Å². The molecule has 1 fully saturated rings. The molecular weight excluding hydrogens is 340 g/mol. The molecule has 1 aliphatic heterocycles. The molecule has 0 amide bonds. The number of benzene rings is 1. The van der Waals surface area contributed by atoms with Crippen LogP contribution in [-0.4, -0.2) is 34.3 Å². The Bertz CT molecular complexity index is 830. The minimum atomic E-state index is -1.17. The largest absolute Gasteiger partial charge is 0.487 e. The Hall–Kier alpha value is -2.12. The minimum Gasteiger partial charge on any atom is -0.487 e. The average Bonchev–Trinajstić information content (AvgIpc) is 3.06. The third kappa shape index (κ3) is 4.11. The molecule has 25 heavy (non-hydrogen) atoms. The van der Waals surface area contributed by atoms with Crippen molar-refractivity contribution in [3.8, 4) is 16.9 Å². The highest BCUT2D eigenvalue weighted by molar-refractivity contribution is 7.85.